The summed E-state index contributed by atoms with van der Waals surface area (Å²) >= 11 is 12.1. The molecule has 0 heterocycles. The molecule has 0 unspecified atom stereocenters. The molecule has 27 heavy (non-hydrogen) atoms. The van der Waals surface area contributed by atoms with E-state index in [4.69, 9.17) is 32.7 Å². The predicted molar refractivity (Wildman–Crippen MR) is 111 cm³/mol. The molecule has 0 saturated heterocycles. The number of rotatable bonds is 7. The van der Waals surface area contributed by atoms with Crippen LogP contribution in [0.3, 0.4) is 0 Å². The van der Waals surface area contributed by atoms with Gasteiger partial charge in [0, 0.05) is 15.6 Å². The molecule has 0 atom stereocenters. The maximum Gasteiger partial charge on any atom is 0.162 e. The lowest BCUT2D eigenvalue weighted by atomic mass is 10.2. The third-order valence-corrected chi connectivity index (χ3v) is 4.36. The Bertz CT molecular complexity index is 945. The van der Waals surface area contributed by atoms with Crippen LogP contribution in [0.4, 0.5) is 5.69 Å². The monoisotopic (exact) mass is 400 g/mol. The van der Waals surface area contributed by atoms with E-state index < -0.39 is 0 Å². The van der Waals surface area contributed by atoms with Gasteiger partial charge in [-0.25, -0.2) is 0 Å². The molecule has 6 heteroatoms. The van der Waals surface area contributed by atoms with Crippen LogP contribution in [0.25, 0.3) is 0 Å². The molecule has 3 aromatic carbocycles. The van der Waals surface area contributed by atoms with Crippen molar-refractivity contribution in [3.8, 4) is 11.5 Å². The largest absolute Gasteiger partial charge is 0.493 e. The van der Waals surface area contributed by atoms with Gasteiger partial charge in [0.05, 0.1) is 19.0 Å². The number of methoxy groups -OCH3 is 1. The molecule has 4 nitrogen and oxygen atoms in total. The van der Waals surface area contributed by atoms with E-state index in [2.05, 4.69) is 10.5 Å². The number of anilines is 1. The number of ether oxygens (including phenoxy) is 2. The molecule has 0 aliphatic heterocycles. The highest BCUT2D eigenvalue weighted by molar-refractivity contribution is 6.31. The molecular formula is C21H18Cl2N2O2. The molecule has 3 rings (SSSR count). The van der Waals surface area contributed by atoms with E-state index in [0.29, 0.717) is 28.2 Å². The van der Waals surface area contributed by atoms with Gasteiger partial charge in [-0.3, -0.25) is 5.43 Å². The summed E-state index contributed by atoms with van der Waals surface area (Å²) in [7, 11) is 1.60. The fourth-order valence-corrected chi connectivity index (χ4v) is 2.78. The summed E-state index contributed by atoms with van der Waals surface area (Å²) in [6, 6.07) is 20.5. The van der Waals surface area contributed by atoms with Crippen LogP contribution in [0.2, 0.25) is 10.0 Å². The van der Waals surface area contributed by atoms with E-state index in [-0.39, 0.29) is 0 Å². The maximum atomic E-state index is 6.18. The average molecular weight is 401 g/mol. The van der Waals surface area contributed by atoms with E-state index in [1.165, 1.54) is 0 Å². The second-order valence-electron chi connectivity index (χ2n) is 5.67. The fourth-order valence-electron chi connectivity index (χ4n) is 2.40. The summed E-state index contributed by atoms with van der Waals surface area (Å²) in [4.78, 5) is 0. The SMILES string of the molecule is COc1ccc(C=NNc2cccc(Cl)c2)cc1OCc1ccccc1Cl. The minimum atomic E-state index is 0.345. The molecule has 0 aliphatic rings. The summed E-state index contributed by atoms with van der Waals surface area (Å²) < 4.78 is 11.3. The van der Waals surface area contributed by atoms with Crippen LogP contribution in [0.1, 0.15) is 11.1 Å². The van der Waals surface area contributed by atoms with Crippen molar-refractivity contribution in [2.45, 2.75) is 6.61 Å². The molecule has 0 amide bonds. The first-order valence-corrected chi connectivity index (χ1v) is 9.00. The van der Waals surface area contributed by atoms with Crippen LogP contribution >= 0.6 is 23.2 Å². The van der Waals surface area contributed by atoms with Gasteiger partial charge in [-0.05, 0) is 48.0 Å². The first kappa shape index (κ1) is 19.1. The van der Waals surface area contributed by atoms with Gasteiger partial charge in [0.25, 0.3) is 0 Å². The second-order valence-corrected chi connectivity index (χ2v) is 6.51. The Morgan fingerprint density at radius 3 is 2.59 bits per heavy atom. The molecule has 0 fully saturated rings. The summed E-state index contributed by atoms with van der Waals surface area (Å²) in [5, 5.41) is 5.55. The quantitative estimate of drug-likeness (QED) is 0.389. The smallest absolute Gasteiger partial charge is 0.162 e. The number of nitrogens with zero attached hydrogens (tertiary/aromatic N) is 1. The Morgan fingerprint density at radius 1 is 0.963 bits per heavy atom. The van der Waals surface area contributed by atoms with Crippen molar-refractivity contribution in [2.75, 3.05) is 12.5 Å². The van der Waals surface area contributed by atoms with Crippen molar-refractivity contribution in [1.82, 2.24) is 0 Å². The van der Waals surface area contributed by atoms with Gasteiger partial charge in [0.15, 0.2) is 11.5 Å². The zero-order valence-corrected chi connectivity index (χ0v) is 16.2. The van der Waals surface area contributed by atoms with E-state index in [1.807, 2.05) is 60.7 Å². The molecule has 0 aliphatic carbocycles. The van der Waals surface area contributed by atoms with Gasteiger partial charge in [-0.15, -0.1) is 0 Å². The summed E-state index contributed by atoms with van der Waals surface area (Å²) in [6.07, 6.45) is 1.70. The summed E-state index contributed by atoms with van der Waals surface area (Å²) in [5.74, 6) is 1.26. The first-order chi connectivity index (χ1) is 13.2. The van der Waals surface area contributed by atoms with Crippen LogP contribution in [-0.4, -0.2) is 13.3 Å². The topological polar surface area (TPSA) is 42.8 Å². The molecule has 0 radical (unpaired) electrons. The lowest BCUT2D eigenvalue weighted by Crippen LogP contribution is -1.99. The fraction of sp³-hybridized carbons (Fsp3) is 0.0952. The minimum absolute atomic E-state index is 0.345. The molecule has 0 bridgehead atoms. The number of hydrazone groups is 1. The summed E-state index contributed by atoms with van der Waals surface area (Å²) in [6.45, 7) is 0.345. The molecule has 138 valence electrons. The predicted octanol–water partition coefficient (Wildman–Crippen LogP) is 6.03. The summed E-state index contributed by atoms with van der Waals surface area (Å²) in [5.41, 5.74) is 5.52. The van der Waals surface area contributed by atoms with Crippen molar-refractivity contribution in [3.05, 3.63) is 87.9 Å². The maximum absolute atomic E-state index is 6.18. The number of hydrogen-bond donors (Lipinski definition) is 1. The van der Waals surface area contributed by atoms with Gasteiger partial charge in [-0.1, -0.05) is 47.5 Å². The zero-order valence-electron chi connectivity index (χ0n) is 14.7. The molecule has 0 aromatic heterocycles. The average Bonchev–Trinajstić information content (AvgIpc) is 2.67. The van der Waals surface area contributed by atoms with Crippen LogP contribution in [0.15, 0.2) is 71.8 Å². The molecule has 3 aromatic rings. The van der Waals surface area contributed by atoms with Gasteiger partial charge in [0.1, 0.15) is 6.61 Å². The number of benzene rings is 3. The van der Waals surface area contributed by atoms with Crippen LogP contribution in [0, 0.1) is 0 Å². The standard InChI is InChI=1S/C21H18Cl2N2O2/c1-26-20-10-9-15(13-24-25-18-7-4-6-17(22)12-18)11-21(20)27-14-16-5-2-3-8-19(16)23/h2-13,25H,14H2,1H3. The highest BCUT2D eigenvalue weighted by atomic mass is 35.5. The Labute approximate surface area is 168 Å². The van der Waals surface area contributed by atoms with Crippen LogP contribution in [-0.2, 0) is 6.61 Å². The van der Waals surface area contributed by atoms with Gasteiger partial charge in [0.2, 0.25) is 0 Å². The van der Waals surface area contributed by atoms with Crippen molar-refractivity contribution in [1.29, 1.82) is 0 Å². The van der Waals surface area contributed by atoms with Gasteiger partial charge in [-0.2, -0.15) is 5.10 Å². The number of nitrogens with one attached hydrogen (secondary N) is 1. The van der Waals surface area contributed by atoms with Gasteiger partial charge < -0.3 is 9.47 Å². The third kappa shape index (κ3) is 5.39. The molecule has 1 N–H and O–H groups in total. The van der Waals surface area contributed by atoms with Crippen LogP contribution < -0.4 is 14.9 Å². The van der Waals surface area contributed by atoms with Crippen molar-refractivity contribution in [3.63, 3.8) is 0 Å². The Hall–Kier alpha value is -2.69. The molecule has 0 spiro atoms. The van der Waals surface area contributed by atoms with E-state index >= 15 is 0 Å². The number of hydrogen-bond acceptors (Lipinski definition) is 4. The third-order valence-electron chi connectivity index (χ3n) is 3.76. The van der Waals surface area contributed by atoms with E-state index in [0.717, 1.165) is 16.8 Å². The highest BCUT2D eigenvalue weighted by Crippen LogP contribution is 2.29. The lowest BCUT2D eigenvalue weighted by Gasteiger charge is -2.12. The van der Waals surface area contributed by atoms with Gasteiger partial charge >= 0.3 is 0 Å². The molecule has 0 saturated carbocycles. The Kier molecular flexibility index (Phi) is 6.58. The van der Waals surface area contributed by atoms with Crippen molar-refractivity contribution in [2.24, 2.45) is 5.10 Å². The van der Waals surface area contributed by atoms with E-state index in [9.17, 15) is 0 Å². The normalized spacial score (nSPS) is 10.8. The lowest BCUT2D eigenvalue weighted by molar-refractivity contribution is 0.284. The Balaban J connectivity index is 1.71. The van der Waals surface area contributed by atoms with Crippen molar-refractivity contribution >= 4 is 35.1 Å². The van der Waals surface area contributed by atoms with Crippen molar-refractivity contribution < 1.29 is 9.47 Å². The molecular weight excluding hydrogens is 383 g/mol. The minimum Gasteiger partial charge on any atom is -0.493 e. The van der Waals surface area contributed by atoms with E-state index in [1.54, 1.807) is 19.4 Å². The first-order valence-electron chi connectivity index (χ1n) is 8.24. The number of halogens is 2. The zero-order chi connectivity index (χ0) is 19.1. The highest BCUT2D eigenvalue weighted by Gasteiger charge is 2.07. The Morgan fingerprint density at radius 2 is 1.81 bits per heavy atom. The second kappa shape index (κ2) is 9.31. The van der Waals surface area contributed by atoms with Crippen LogP contribution in [0.5, 0.6) is 11.5 Å².